The molecule has 0 fully saturated rings. The Morgan fingerprint density at radius 3 is 2.72 bits per heavy atom. The third kappa shape index (κ3) is 2.69. The molecular formula is C9H14N8O. The van der Waals surface area contributed by atoms with Gasteiger partial charge in [0.15, 0.2) is 5.82 Å². The first kappa shape index (κ1) is 12.2. The lowest BCUT2D eigenvalue weighted by Crippen LogP contribution is -2.17. The molecule has 0 aliphatic rings. The van der Waals surface area contributed by atoms with Crippen molar-refractivity contribution in [1.29, 1.82) is 0 Å². The highest BCUT2D eigenvalue weighted by atomic mass is 16.3. The Labute approximate surface area is 103 Å². The van der Waals surface area contributed by atoms with E-state index in [-0.39, 0.29) is 12.6 Å². The summed E-state index contributed by atoms with van der Waals surface area (Å²) in [6.07, 6.45) is 1.62. The maximum absolute atomic E-state index is 8.89. The van der Waals surface area contributed by atoms with Crippen LogP contribution in [-0.2, 0) is 13.2 Å². The van der Waals surface area contributed by atoms with Crippen molar-refractivity contribution < 1.29 is 5.11 Å². The van der Waals surface area contributed by atoms with E-state index in [1.54, 1.807) is 11.1 Å². The molecule has 3 N–H and O–H groups in total. The van der Waals surface area contributed by atoms with Crippen LogP contribution in [0.15, 0.2) is 6.20 Å². The molecule has 0 unspecified atom stereocenters. The van der Waals surface area contributed by atoms with Crippen molar-refractivity contribution in [2.24, 2.45) is 0 Å². The summed E-state index contributed by atoms with van der Waals surface area (Å²) in [5.41, 5.74) is 6.10. The van der Waals surface area contributed by atoms with Crippen molar-refractivity contribution in [2.75, 3.05) is 24.7 Å². The highest BCUT2D eigenvalue weighted by Gasteiger charge is 2.08. The number of aliphatic hydroxyl groups is 1. The molecule has 0 atom stereocenters. The minimum Gasteiger partial charge on any atom is -0.390 e. The zero-order valence-electron chi connectivity index (χ0n) is 10.1. The highest BCUT2D eigenvalue weighted by molar-refractivity contribution is 5.32. The predicted octanol–water partition coefficient (Wildman–Crippen LogP) is -1.35. The summed E-state index contributed by atoms with van der Waals surface area (Å²) in [6.45, 7) is 0.169. The fraction of sp³-hybridized carbons (Fsp3) is 0.444. The van der Waals surface area contributed by atoms with E-state index >= 15 is 0 Å². The summed E-state index contributed by atoms with van der Waals surface area (Å²) in [7, 11) is 3.63. The SMILES string of the molecule is CN(C)c1nc(N)nc(Cn2cc(CO)nn2)n1. The highest BCUT2D eigenvalue weighted by Crippen LogP contribution is 2.06. The summed E-state index contributed by atoms with van der Waals surface area (Å²) >= 11 is 0. The number of rotatable bonds is 4. The number of hydrogen-bond acceptors (Lipinski definition) is 8. The van der Waals surface area contributed by atoms with Crippen LogP contribution in [-0.4, -0.2) is 49.1 Å². The van der Waals surface area contributed by atoms with Gasteiger partial charge in [0.2, 0.25) is 11.9 Å². The topological polar surface area (TPSA) is 119 Å². The zero-order chi connectivity index (χ0) is 13.1. The van der Waals surface area contributed by atoms with E-state index in [0.717, 1.165) is 0 Å². The molecule has 0 radical (unpaired) electrons. The average Bonchev–Trinajstić information content (AvgIpc) is 2.76. The molecule has 0 bridgehead atoms. The molecule has 96 valence electrons. The number of nitrogen functional groups attached to an aromatic ring is 1. The Morgan fingerprint density at radius 2 is 2.11 bits per heavy atom. The molecular weight excluding hydrogens is 236 g/mol. The lowest BCUT2D eigenvalue weighted by Gasteiger charge is -2.11. The van der Waals surface area contributed by atoms with Gasteiger partial charge in [-0.1, -0.05) is 5.21 Å². The number of nitrogens with zero attached hydrogens (tertiary/aromatic N) is 7. The second-order valence-corrected chi connectivity index (χ2v) is 3.87. The maximum atomic E-state index is 8.89. The van der Waals surface area contributed by atoms with E-state index in [2.05, 4.69) is 25.3 Å². The summed E-state index contributed by atoms with van der Waals surface area (Å²) < 4.78 is 1.53. The van der Waals surface area contributed by atoms with Crippen LogP contribution in [0.4, 0.5) is 11.9 Å². The van der Waals surface area contributed by atoms with Crippen molar-refractivity contribution >= 4 is 11.9 Å². The van der Waals surface area contributed by atoms with Gasteiger partial charge in [-0.3, -0.25) is 0 Å². The zero-order valence-corrected chi connectivity index (χ0v) is 10.1. The van der Waals surface area contributed by atoms with Crippen LogP contribution in [0.5, 0.6) is 0 Å². The molecule has 0 aliphatic heterocycles. The van der Waals surface area contributed by atoms with Crippen LogP contribution < -0.4 is 10.6 Å². The van der Waals surface area contributed by atoms with Crippen molar-refractivity contribution in [3.63, 3.8) is 0 Å². The number of anilines is 2. The summed E-state index contributed by atoms with van der Waals surface area (Å²) in [4.78, 5) is 14.0. The number of aliphatic hydroxyl groups excluding tert-OH is 1. The molecule has 2 heterocycles. The van der Waals surface area contributed by atoms with Crippen LogP contribution in [0, 0.1) is 0 Å². The first-order valence-corrected chi connectivity index (χ1v) is 5.26. The lowest BCUT2D eigenvalue weighted by molar-refractivity contribution is 0.276. The Kier molecular flexibility index (Phi) is 3.33. The Bertz CT molecular complexity index is 537. The van der Waals surface area contributed by atoms with Gasteiger partial charge in [0, 0.05) is 14.1 Å². The fourth-order valence-electron chi connectivity index (χ4n) is 1.33. The molecule has 0 spiro atoms. The van der Waals surface area contributed by atoms with E-state index in [1.165, 1.54) is 4.68 Å². The van der Waals surface area contributed by atoms with Crippen molar-refractivity contribution in [3.8, 4) is 0 Å². The smallest absolute Gasteiger partial charge is 0.229 e. The van der Waals surface area contributed by atoms with Crippen LogP contribution >= 0.6 is 0 Å². The maximum Gasteiger partial charge on any atom is 0.229 e. The number of hydrogen-bond donors (Lipinski definition) is 2. The molecule has 9 heteroatoms. The standard InChI is InChI=1S/C9H14N8O/c1-16(2)9-12-7(11-8(10)13-9)4-17-3-6(5-18)14-15-17/h3,18H,4-5H2,1-2H3,(H2,10,11,12,13). The van der Waals surface area contributed by atoms with E-state index in [4.69, 9.17) is 10.8 Å². The third-order valence-corrected chi connectivity index (χ3v) is 2.14. The molecule has 0 aliphatic carbocycles. The number of aromatic nitrogens is 6. The second-order valence-electron chi connectivity index (χ2n) is 3.87. The minimum atomic E-state index is -0.151. The van der Waals surface area contributed by atoms with Crippen LogP contribution in [0.3, 0.4) is 0 Å². The Balaban J connectivity index is 2.23. The second kappa shape index (κ2) is 4.92. The lowest BCUT2D eigenvalue weighted by atomic mass is 10.5. The van der Waals surface area contributed by atoms with Crippen LogP contribution in [0.1, 0.15) is 11.5 Å². The quantitative estimate of drug-likeness (QED) is 0.683. The van der Waals surface area contributed by atoms with E-state index in [0.29, 0.717) is 24.0 Å². The molecule has 0 aromatic carbocycles. The molecule has 0 amide bonds. The first-order valence-electron chi connectivity index (χ1n) is 5.26. The summed E-state index contributed by atoms with van der Waals surface area (Å²) in [5, 5.41) is 16.5. The summed E-state index contributed by atoms with van der Waals surface area (Å²) in [5.74, 6) is 1.13. The molecule has 2 rings (SSSR count). The first-order chi connectivity index (χ1) is 8.58. The average molecular weight is 250 g/mol. The minimum absolute atomic E-state index is 0.151. The van der Waals surface area contributed by atoms with Gasteiger partial charge in [0.1, 0.15) is 12.2 Å². The van der Waals surface area contributed by atoms with Gasteiger partial charge in [-0.25, -0.2) is 4.68 Å². The van der Waals surface area contributed by atoms with Crippen LogP contribution in [0.2, 0.25) is 0 Å². The molecule has 2 aromatic heterocycles. The van der Waals surface area contributed by atoms with Gasteiger partial charge in [-0.05, 0) is 0 Å². The van der Waals surface area contributed by atoms with Crippen LogP contribution in [0.25, 0.3) is 0 Å². The van der Waals surface area contributed by atoms with Gasteiger partial charge in [-0.15, -0.1) is 5.10 Å². The monoisotopic (exact) mass is 250 g/mol. The molecule has 18 heavy (non-hydrogen) atoms. The molecule has 0 saturated heterocycles. The summed E-state index contributed by atoms with van der Waals surface area (Å²) in [6, 6.07) is 0. The predicted molar refractivity (Wildman–Crippen MR) is 63.6 cm³/mol. The van der Waals surface area contributed by atoms with Gasteiger partial charge in [0.05, 0.1) is 12.8 Å². The van der Waals surface area contributed by atoms with E-state index in [1.807, 2.05) is 14.1 Å². The number of nitrogens with two attached hydrogens (primary N) is 1. The largest absolute Gasteiger partial charge is 0.390 e. The van der Waals surface area contributed by atoms with Gasteiger partial charge < -0.3 is 15.7 Å². The molecule has 9 nitrogen and oxygen atoms in total. The fourth-order valence-corrected chi connectivity index (χ4v) is 1.33. The molecule has 2 aromatic rings. The van der Waals surface area contributed by atoms with Gasteiger partial charge in [-0.2, -0.15) is 15.0 Å². The third-order valence-electron chi connectivity index (χ3n) is 2.14. The normalized spacial score (nSPS) is 10.6. The van der Waals surface area contributed by atoms with Crippen molar-refractivity contribution in [1.82, 2.24) is 29.9 Å². The van der Waals surface area contributed by atoms with Gasteiger partial charge >= 0.3 is 0 Å². The van der Waals surface area contributed by atoms with Gasteiger partial charge in [0.25, 0.3) is 0 Å². The Morgan fingerprint density at radius 1 is 1.33 bits per heavy atom. The van der Waals surface area contributed by atoms with E-state index in [9.17, 15) is 0 Å². The van der Waals surface area contributed by atoms with Crippen molar-refractivity contribution in [3.05, 3.63) is 17.7 Å². The molecule has 0 saturated carbocycles. The van der Waals surface area contributed by atoms with E-state index < -0.39 is 0 Å². The van der Waals surface area contributed by atoms with Crippen molar-refractivity contribution in [2.45, 2.75) is 13.2 Å². The Hall–Kier alpha value is -2.29.